The van der Waals surface area contributed by atoms with E-state index in [-0.39, 0.29) is 36.9 Å². The molecular formula is C34H34N4O5. The van der Waals surface area contributed by atoms with E-state index in [9.17, 15) is 14.4 Å². The molecule has 0 bridgehead atoms. The van der Waals surface area contributed by atoms with E-state index in [1.54, 1.807) is 31.4 Å². The molecule has 2 N–H and O–H groups in total. The van der Waals surface area contributed by atoms with E-state index in [0.29, 0.717) is 22.8 Å². The van der Waals surface area contributed by atoms with Crippen LogP contribution < -0.4 is 20.1 Å². The molecule has 0 saturated carbocycles. The minimum absolute atomic E-state index is 0.141. The molecule has 0 aliphatic carbocycles. The van der Waals surface area contributed by atoms with E-state index in [2.05, 4.69) is 41.3 Å². The molecule has 0 radical (unpaired) electrons. The van der Waals surface area contributed by atoms with Crippen molar-refractivity contribution in [2.45, 2.75) is 46.3 Å². The van der Waals surface area contributed by atoms with Crippen molar-refractivity contribution < 1.29 is 23.9 Å². The first-order valence-electron chi connectivity index (χ1n) is 14.3. The highest BCUT2D eigenvalue weighted by Gasteiger charge is 2.42. The topological polar surface area (TPSA) is 102 Å². The van der Waals surface area contributed by atoms with Crippen LogP contribution in [-0.4, -0.2) is 40.8 Å². The molecule has 3 amide bonds. The summed E-state index contributed by atoms with van der Waals surface area (Å²) in [6.45, 7) is 7.58. The van der Waals surface area contributed by atoms with E-state index in [1.165, 1.54) is 18.7 Å². The number of hydrogen-bond acceptors (Lipinski definition) is 6. The van der Waals surface area contributed by atoms with Crippen molar-refractivity contribution >= 4 is 40.0 Å². The number of nitrogens with zero attached hydrogens (tertiary/aromatic N) is 2. The van der Waals surface area contributed by atoms with Gasteiger partial charge in [0.15, 0.2) is 0 Å². The number of anilines is 2. The van der Waals surface area contributed by atoms with E-state index >= 15 is 0 Å². The molecule has 6 rings (SSSR count). The standard InChI is InChI=1S/C34H34N4O5/c1-19(2)37-16-26-31(33-28(17-38(21(4)40)34(33)41)36-27-7-6-8-29(37)32(26)27)22-9-14-30(42-5)23(15-22)18-43-25-12-10-24(11-13-25)35-20(3)39/h6-16,19,31,36H,17-18H2,1-5H3,(H,35,39). The van der Waals surface area contributed by atoms with Gasteiger partial charge in [-0.05, 0) is 73.5 Å². The number of rotatable bonds is 7. The van der Waals surface area contributed by atoms with Gasteiger partial charge in [-0.25, -0.2) is 0 Å². The molecule has 4 aromatic rings. The van der Waals surface area contributed by atoms with Crippen LogP contribution in [0.1, 0.15) is 56.3 Å². The second kappa shape index (κ2) is 11.0. The minimum Gasteiger partial charge on any atom is -0.496 e. The normalized spacial score (nSPS) is 15.8. The molecule has 3 heterocycles. The molecule has 0 saturated heterocycles. The molecule has 220 valence electrons. The van der Waals surface area contributed by atoms with E-state index in [0.717, 1.165) is 39.0 Å². The average molecular weight is 579 g/mol. The third kappa shape index (κ3) is 5.01. The molecule has 1 unspecified atom stereocenters. The van der Waals surface area contributed by atoms with Crippen molar-refractivity contribution in [1.29, 1.82) is 0 Å². The summed E-state index contributed by atoms with van der Waals surface area (Å²) in [7, 11) is 1.62. The van der Waals surface area contributed by atoms with Crippen molar-refractivity contribution in [3.63, 3.8) is 0 Å². The second-order valence-corrected chi connectivity index (χ2v) is 11.2. The lowest BCUT2D eigenvalue weighted by Gasteiger charge is -2.21. The number of carbonyl (C=O) groups is 3. The highest BCUT2D eigenvalue weighted by molar-refractivity contribution is 6.11. The summed E-state index contributed by atoms with van der Waals surface area (Å²) < 4.78 is 14.1. The number of hydrogen-bond donors (Lipinski definition) is 2. The molecule has 0 fully saturated rings. The Bertz CT molecular complexity index is 1800. The van der Waals surface area contributed by atoms with E-state index in [1.807, 2.05) is 30.3 Å². The van der Waals surface area contributed by atoms with Crippen LogP contribution in [0.25, 0.3) is 10.9 Å². The number of carbonyl (C=O) groups excluding carboxylic acids is 3. The Morgan fingerprint density at radius 1 is 1.07 bits per heavy atom. The van der Waals surface area contributed by atoms with Gasteiger partial charge in [0.05, 0.1) is 24.7 Å². The summed E-state index contributed by atoms with van der Waals surface area (Å²) in [5, 5.41) is 7.34. The Balaban J connectivity index is 1.45. The van der Waals surface area contributed by atoms with Crippen LogP contribution in [0.3, 0.4) is 0 Å². The predicted octanol–water partition coefficient (Wildman–Crippen LogP) is 5.97. The van der Waals surface area contributed by atoms with Gasteiger partial charge in [-0.2, -0.15) is 0 Å². The Kier molecular flexibility index (Phi) is 7.17. The van der Waals surface area contributed by atoms with Crippen LogP contribution in [0.15, 0.2) is 78.1 Å². The third-order valence-electron chi connectivity index (χ3n) is 8.03. The average Bonchev–Trinajstić information content (AvgIpc) is 3.47. The van der Waals surface area contributed by atoms with Gasteiger partial charge in [0.1, 0.15) is 18.1 Å². The number of imide groups is 1. The first kappa shape index (κ1) is 28.1. The van der Waals surface area contributed by atoms with Gasteiger partial charge < -0.3 is 24.7 Å². The predicted molar refractivity (Wildman–Crippen MR) is 165 cm³/mol. The van der Waals surface area contributed by atoms with Crippen LogP contribution in [0.4, 0.5) is 11.4 Å². The van der Waals surface area contributed by atoms with Gasteiger partial charge in [0.25, 0.3) is 5.91 Å². The molecule has 9 heteroatoms. The quantitative estimate of drug-likeness (QED) is 0.280. The molecule has 1 atom stereocenters. The fourth-order valence-electron chi connectivity index (χ4n) is 6.10. The first-order chi connectivity index (χ1) is 20.7. The smallest absolute Gasteiger partial charge is 0.259 e. The van der Waals surface area contributed by atoms with Crippen molar-refractivity contribution in [2.75, 3.05) is 24.3 Å². The summed E-state index contributed by atoms with van der Waals surface area (Å²) in [4.78, 5) is 39.0. The summed E-state index contributed by atoms with van der Waals surface area (Å²) in [6.07, 6.45) is 2.14. The zero-order valence-corrected chi connectivity index (χ0v) is 24.9. The molecule has 0 spiro atoms. The Hall–Kier alpha value is -5.05. The maximum absolute atomic E-state index is 13.9. The van der Waals surface area contributed by atoms with Gasteiger partial charge in [-0.15, -0.1) is 0 Å². The van der Waals surface area contributed by atoms with Gasteiger partial charge >= 0.3 is 0 Å². The fraction of sp³-hybridized carbons (Fsp3) is 0.265. The molecule has 1 aromatic heterocycles. The maximum atomic E-state index is 13.9. The monoisotopic (exact) mass is 578 g/mol. The molecule has 43 heavy (non-hydrogen) atoms. The maximum Gasteiger partial charge on any atom is 0.259 e. The van der Waals surface area contributed by atoms with Gasteiger partial charge in [0, 0.05) is 60.0 Å². The third-order valence-corrected chi connectivity index (χ3v) is 8.03. The lowest BCUT2D eigenvalue weighted by atomic mass is 9.83. The number of nitrogens with one attached hydrogen (secondary N) is 2. The molecule has 2 aliphatic heterocycles. The van der Waals surface area contributed by atoms with Crippen molar-refractivity contribution in [1.82, 2.24) is 9.47 Å². The summed E-state index contributed by atoms with van der Waals surface area (Å²) in [5.41, 5.74) is 6.70. The van der Waals surface area contributed by atoms with Crippen LogP contribution >= 0.6 is 0 Å². The minimum atomic E-state index is -0.424. The first-order valence-corrected chi connectivity index (χ1v) is 14.3. The van der Waals surface area contributed by atoms with Crippen LogP contribution in [0.2, 0.25) is 0 Å². The van der Waals surface area contributed by atoms with Gasteiger partial charge in [0.2, 0.25) is 11.8 Å². The highest BCUT2D eigenvalue weighted by Crippen LogP contribution is 2.47. The Morgan fingerprint density at radius 2 is 1.84 bits per heavy atom. The number of methoxy groups -OCH3 is 1. The Labute approximate surface area is 250 Å². The zero-order valence-electron chi connectivity index (χ0n) is 24.9. The van der Waals surface area contributed by atoms with Gasteiger partial charge in [-0.1, -0.05) is 12.1 Å². The van der Waals surface area contributed by atoms with E-state index < -0.39 is 5.92 Å². The second-order valence-electron chi connectivity index (χ2n) is 11.2. The van der Waals surface area contributed by atoms with Crippen LogP contribution in [0.5, 0.6) is 11.5 Å². The lowest BCUT2D eigenvalue weighted by Crippen LogP contribution is -2.33. The number of amides is 3. The number of ether oxygens (including phenoxy) is 2. The summed E-state index contributed by atoms with van der Waals surface area (Å²) >= 11 is 0. The molecular weight excluding hydrogens is 544 g/mol. The van der Waals surface area contributed by atoms with Crippen LogP contribution in [0, 0.1) is 0 Å². The molecule has 2 aliphatic rings. The summed E-state index contributed by atoms with van der Waals surface area (Å²) in [6, 6.07) is 19.4. The van der Waals surface area contributed by atoms with E-state index in [4.69, 9.17) is 9.47 Å². The Morgan fingerprint density at radius 3 is 2.51 bits per heavy atom. The molecule has 3 aromatic carbocycles. The van der Waals surface area contributed by atoms with Gasteiger partial charge in [-0.3, -0.25) is 19.3 Å². The number of benzene rings is 3. The fourth-order valence-corrected chi connectivity index (χ4v) is 6.10. The van der Waals surface area contributed by atoms with Crippen molar-refractivity contribution in [3.8, 4) is 11.5 Å². The SMILES string of the molecule is COc1ccc(C2C3=C(CN(C(C)=O)C3=O)Nc3cccc4c3c2cn4C(C)C)cc1COc1ccc(NC(C)=O)cc1. The van der Waals surface area contributed by atoms with Crippen molar-refractivity contribution in [3.05, 3.63) is 94.8 Å². The van der Waals surface area contributed by atoms with Crippen molar-refractivity contribution in [2.24, 2.45) is 0 Å². The zero-order chi connectivity index (χ0) is 30.4. The van der Waals surface area contributed by atoms with Crippen LogP contribution in [-0.2, 0) is 21.0 Å². The summed E-state index contributed by atoms with van der Waals surface area (Å²) in [5.74, 6) is 0.160. The largest absolute Gasteiger partial charge is 0.496 e. The lowest BCUT2D eigenvalue weighted by molar-refractivity contribution is -0.139. The number of aromatic nitrogens is 1. The molecule has 9 nitrogen and oxygen atoms in total. The highest BCUT2D eigenvalue weighted by atomic mass is 16.5.